The van der Waals surface area contributed by atoms with E-state index in [-0.39, 0.29) is 0 Å². The van der Waals surface area contributed by atoms with E-state index < -0.39 is 0 Å². The molecule has 1 heteroatoms. The van der Waals surface area contributed by atoms with Crippen LogP contribution >= 0.6 is 0 Å². The number of hydrogen-bond acceptors (Lipinski definition) is 1. The van der Waals surface area contributed by atoms with Crippen molar-refractivity contribution >= 4 is 0 Å². The summed E-state index contributed by atoms with van der Waals surface area (Å²) in [5.41, 5.74) is 0. The van der Waals surface area contributed by atoms with Crippen molar-refractivity contribution in [2.75, 3.05) is 7.05 Å². The monoisotopic (exact) mass is 149 g/mol. The fraction of sp³-hybridized carbons (Fsp3) is 0.200. The van der Waals surface area contributed by atoms with Gasteiger partial charge in [0.05, 0.1) is 0 Å². The zero-order valence-electron chi connectivity index (χ0n) is 7.20. The Labute approximate surface area is 69.0 Å². The van der Waals surface area contributed by atoms with Crippen LogP contribution in [0.3, 0.4) is 0 Å². The molecule has 1 nitrogen and oxygen atoms in total. The number of rotatable bonds is 4. The normalized spacial score (nSPS) is 11.8. The summed E-state index contributed by atoms with van der Waals surface area (Å²) in [5, 5.41) is 0. The van der Waals surface area contributed by atoms with Crippen molar-refractivity contribution in [1.82, 2.24) is 4.90 Å². The van der Waals surface area contributed by atoms with Crippen LogP contribution in [0.4, 0.5) is 0 Å². The van der Waals surface area contributed by atoms with Gasteiger partial charge in [-0.15, -0.1) is 0 Å². The van der Waals surface area contributed by atoms with Gasteiger partial charge in [-0.05, 0) is 19.2 Å². The van der Waals surface area contributed by atoms with Gasteiger partial charge in [0.15, 0.2) is 0 Å². The molecule has 0 aromatic carbocycles. The third kappa shape index (κ3) is 6.65. The second-order valence-electron chi connectivity index (χ2n) is 2.11. The van der Waals surface area contributed by atoms with Crippen molar-refractivity contribution in [3.8, 4) is 0 Å². The molecule has 0 fully saturated rings. The largest absolute Gasteiger partial charge is 0.358 e. The molecule has 0 rings (SSSR count). The maximum atomic E-state index is 3.57. The van der Waals surface area contributed by atoms with E-state index in [2.05, 4.69) is 6.58 Å². The van der Waals surface area contributed by atoms with Crippen LogP contribution in [0.15, 0.2) is 49.4 Å². The topological polar surface area (TPSA) is 3.24 Å². The lowest BCUT2D eigenvalue weighted by molar-refractivity contribution is 0.625. The van der Waals surface area contributed by atoms with E-state index in [9.17, 15) is 0 Å². The Hall–Kier alpha value is -1.24. The lowest BCUT2D eigenvalue weighted by atomic mass is 10.4. The first kappa shape index (κ1) is 9.76. The molecule has 0 spiro atoms. The van der Waals surface area contributed by atoms with Gasteiger partial charge in [-0.2, -0.15) is 0 Å². The Morgan fingerprint density at radius 3 is 2.36 bits per heavy atom. The van der Waals surface area contributed by atoms with E-state index in [0.29, 0.717) is 0 Å². The first-order chi connectivity index (χ1) is 5.31. The summed E-state index contributed by atoms with van der Waals surface area (Å²) in [6.07, 6.45) is 13.5. The SMILES string of the molecule is C=CC=CC=CN(C)C=CC. The van der Waals surface area contributed by atoms with Gasteiger partial charge in [-0.25, -0.2) is 0 Å². The predicted octanol–water partition coefficient (Wildman–Crippen LogP) is 2.71. The van der Waals surface area contributed by atoms with E-state index >= 15 is 0 Å². The second kappa shape index (κ2) is 6.87. The van der Waals surface area contributed by atoms with Gasteiger partial charge in [0, 0.05) is 13.2 Å². The summed E-state index contributed by atoms with van der Waals surface area (Å²) >= 11 is 0. The Morgan fingerprint density at radius 1 is 1.09 bits per heavy atom. The van der Waals surface area contributed by atoms with E-state index in [0.717, 1.165) is 0 Å². The van der Waals surface area contributed by atoms with Crippen LogP contribution in [0.25, 0.3) is 0 Å². The average Bonchev–Trinajstić information content (AvgIpc) is 1.99. The van der Waals surface area contributed by atoms with Crippen LogP contribution in [0, 0.1) is 0 Å². The molecule has 0 atom stereocenters. The summed E-state index contributed by atoms with van der Waals surface area (Å²) in [4.78, 5) is 1.98. The summed E-state index contributed by atoms with van der Waals surface area (Å²) in [5.74, 6) is 0. The highest BCUT2D eigenvalue weighted by Gasteiger charge is 1.75. The Bertz CT molecular complexity index is 175. The first-order valence-corrected chi connectivity index (χ1v) is 3.62. The molecule has 0 saturated heterocycles. The van der Waals surface area contributed by atoms with Crippen molar-refractivity contribution in [3.63, 3.8) is 0 Å². The minimum Gasteiger partial charge on any atom is -0.358 e. The molecule has 0 unspecified atom stereocenters. The van der Waals surface area contributed by atoms with Crippen molar-refractivity contribution in [1.29, 1.82) is 0 Å². The Morgan fingerprint density at radius 2 is 1.82 bits per heavy atom. The molecule has 0 aliphatic heterocycles. The van der Waals surface area contributed by atoms with Crippen molar-refractivity contribution in [2.24, 2.45) is 0 Å². The van der Waals surface area contributed by atoms with E-state index in [4.69, 9.17) is 0 Å². The van der Waals surface area contributed by atoms with E-state index in [1.807, 2.05) is 55.6 Å². The van der Waals surface area contributed by atoms with Crippen LogP contribution in [0.5, 0.6) is 0 Å². The molecule has 0 aromatic heterocycles. The third-order valence-electron chi connectivity index (χ3n) is 1.06. The zero-order valence-corrected chi connectivity index (χ0v) is 7.20. The minimum absolute atomic E-state index is 1.75. The fourth-order valence-corrected chi connectivity index (χ4v) is 0.613. The summed E-state index contributed by atoms with van der Waals surface area (Å²) in [6.45, 7) is 5.56. The van der Waals surface area contributed by atoms with Gasteiger partial charge >= 0.3 is 0 Å². The summed E-state index contributed by atoms with van der Waals surface area (Å²) < 4.78 is 0. The maximum Gasteiger partial charge on any atom is 0.0106 e. The van der Waals surface area contributed by atoms with Crippen LogP contribution in [0.1, 0.15) is 6.92 Å². The van der Waals surface area contributed by atoms with Crippen LogP contribution in [-0.4, -0.2) is 11.9 Å². The molecule has 0 radical (unpaired) electrons. The molecule has 60 valence electrons. The number of hydrogen-bond donors (Lipinski definition) is 0. The lowest BCUT2D eigenvalue weighted by Crippen LogP contribution is -1.98. The van der Waals surface area contributed by atoms with Crippen LogP contribution < -0.4 is 0 Å². The maximum absolute atomic E-state index is 3.57. The molecule has 0 saturated carbocycles. The third-order valence-corrected chi connectivity index (χ3v) is 1.06. The minimum atomic E-state index is 1.75. The highest BCUT2D eigenvalue weighted by molar-refractivity contribution is 5.09. The lowest BCUT2D eigenvalue weighted by Gasteiger charge is -2.03. The van der Waals surface area contributed by atoms with Gasteiger partial charge in [0.2, 0.25) is 0 Å². The average molecular weight is 149 g/mol. The quantitative estimate of drug-likeness (QED) is 0.555. The van der Waals surface area contributed by atoms with E-state index in [1.54, 1.807) is 6.08 Å². The van der Waals surface area contributed by atoms with E-state index in [1.165, 1.54) is 0 Å². The van der Waals surface area contributed by atoms with Crippen molar-refractivity contribution in [3.05, 3.63) is 49.4 Å². The predicted molar refractivity (Wildman–Crippen MR) is 51.1 cm³/mol. The summed E-state index contributed by atoms with van der Waals surface area (Å²) in [6, 6.07) is 0. The van der Waals surface area contributed by atoms with Crippen LogP contribution in [-0.2, 0) is 0 Å². The van der Waals surface area contributed by atoms with Crippen molar-refractivity contribution < 1.29 is 0 Å². The molecule has 0 aliphatic rings. The number of allylic oxidation sites excluding steroid dienone is 5. The summed E-state index contributed by atoms with van der Waals surface area (Å²) in [7, 11) is 1.98. The molecule has 0 bridgehead atoms. The molecular weight excluding hydrogens is 134 g/mol. The van der Waals surface area contributed by atoms with Gasteiger partial charge < -0.3 is 4.90 Å². The van der Waals surface area contributed by atoms with Gasteiger partial charge in [-0.3, -0.25) is 0 Å². The number of nitrogens with zero attached hydrogens (tertiary/aromatic N) is 1. The highest BCUT2D eigenvalue weighted by atomic mass is 15.0. The fourth-order valence-electron chi connectivity index (χ4n) is 0.613. The standard InChI is InChI=1S/C10H15N/c1-4-6-7-8-10-11(3)9-5-2/h4-10H,1H2,2-3H3. The van der Waals surface area contributed by atoms with Crippen LogP contribution in [0.2, 0.25) is 0 Å². The first-order valence-electron chi connectivity index (χ1n) is 3.62. The molecule has 0 aromatic rings. The molecule has 0 aliphatic carbocycles. The smallest absolute Gasteiger partial charge is 0.0106 e. The van der Waals surface area contributed by atoms with Gasteiger partial charge in [0.1, 0.15) is 0 Å². The molecule has 11 heavy (non-hydrogen) atoms. The molecule has 0 heterocycles. The molecule has 0 amide bonds. The van der Waals surface area contributed by atoms with Gasteiger partial charge in [-0.1, -0.05) is 30.9 Å². The molecule has 0 N–H and O–H groups in total. The second-order valence-corrected chi connectivity index (χ2v) is 2.11. The Kier molecular flexibility index (Phi) is 6.10. The van der Waals surface area contributed by atoms with Gasteiger partial charge in [0.25, 0.3) is 0 Å². The van der Waals surface area contributed by atoms with Crippen molar-refractivity contribution in [2.45, 2.75) is 6.92 Å². The highest BCUT2D eigenvalue weighted by Crippen LogP contribution is 1.86. The zero-order chi connectivity index (χ0) is 8.53. The molecular formula is C10H15N. The Balaban J connectivity index is 3.72.